The first kappa shape index (κ1) is 20.7. The number of carbonyl (C=O) groups is 3. The van der Waals surface area contributed by atoms with Crippen LogP contribution in [0.15, 0.2) is 23.1 Å². The van der Waals surface area contributed by atoms with Gasteiger partial charge in [-0.1, -0.05) is 30.0 Å². The van der Waals surface area contributed by atoms with E-state index in [0.717, 1.165) is 16.7 Å². The van der Waals surface area contributed by atoms with Crippen LogP contribution in [0, 0.1) is 0 Å². The number of rotatable bonds is 7. The van der Waals surface area contributed by atoms with E-state index in [1.165, 1.54) is 21.1 Å². The highest BCUT2D eigenvalue weighted by Crippen LogP contribution is 2.34. The second-order valence-electron chi connectivity index (χ2n) is 5.51. The summed E-state index contributed by atoms with van der Waals surface area (Å²) in [5.41, 5.74) is 0.706. The number of hydrogen-bond acceptors (Lipinski definition) is 7. The van der Waals surface area contributed by atoms with Gasteiger partial charge in [0.25, 0.3) is 5.91 Å². The van der Waals surface area contributed by atoms with Crippen molar-refractivity contribution in [2.45, 2.75) is 13.0 Å². The van der Waals surface area contributed by atoms with Crippen LogP contribution in [0.25, 0.3) is 6.08 Å². The first-order valence-corrected chi connectivity index (χ1v) is 8.98. The normalized spacial score (nSPS) is 16.4. The van der Waals surface area contributed by atoms with E-state index in [1.54, 1.807) is 24.3 Å². The molecule has 0 bridgehead atoms. The molecule has 0 saturated carbocycles. The number of thiocarbonyl (C=S) groups is 1. The highest BCUT2D eigenvalue weighted by molar-refractivity contribution is 8.26. The number of nitrogens with one attached hydrogen (secondary N) is 1. The predicted octanol–water partition coefficient (Wildman–Crippen LogP) is 1.49. The first-order valence-electron chi connectivity index (χ1n) is 7.76. The Morgan fingerprint density at radius 2 is 2.00 bits per heavy atom. The Morgan fingerprint density at radius 1 is 1.33 bits per heavy atom. The Kier molecular flexibility index (Phi) is 6.81. The van der Waals surface area contributed by atoms with Gasteiger partial charge >= 0.3 is 5.97 Å². The van der Waals surface area contributed by atoms with Gasteiger partial charge in [0.2, 0.25) is 5.91 Å². The number of nitrogens with zero attached hydrogens (tertiary/aromatic N) is 1. The van der Waals surface area contributed by atoms with Gasteiger partial charge < -0.3 is 19.9 Å². The number of carboxylic acids is 1. The summed E-state index contributed by atoms with van der Waals surface area (Å²) in [6.45, 7) is 0.993. The van der Waals surface area contributed by atoms with Crippen LogP contribution in [-0.2, 0) is 14.4 Å². The van der Waals surface area contributed by atoms with Crippen molar-refractivity contribution in [2.24, 2.45) is 0 Å². The fraction of sp³-hybridized carbons (Fsp3) is 0.294. The Hall–Kier alpha value is -2.59. The number of carbonyl (C=O) groups excluding carboxylic acids is 2. The number of amides is 2. The van der Waals surface area contributed by atoms with Gasteiger partial charge in [-0.2, -0.15) is 0 Å². The summed E-state index contributed by atoms with van der Waals surface area (Å²) < 4.78 is 10.6. The van der Waals surface area contributed by atoms with Crippen LogP contribution in [-0.4, -0.2) is 58.9 Å². The fourth-order valence-electron chi connectivity index (χ4n) is 2.22. The molecule has 144 valence electrons. The Bertz CT molecular complexity index is 824. The minimum Gasteiger partial charge on any atom is -0.493 e. The molecule has 10 heteroatoms. The molecule has 2 rings (SSSR count). The van der Waals surface area contributed by atoms with Gasteiger partial charge in [-0.25, -0.2) is 0 Å². The van der Waals surface area contributed by atoms with E-state index in [1.807, 2.05) is 0 Å². The van der Waals surface area contributed by atoms with Crippen molar-refractivity contribution in [3.8, 4) is 11.5 Å². The molecule has 1 aromatic rings. The molecule has 1 unspecified atom stereocenters. The highest BCUT2D eigenvalue weighted by atomic mass is 32.2. The van der Waals surface area contributed by atoms with Crippen molar-refractivity contribution in [3.63, 3.8) is 0 Å². The largest absolute Gasteiger partial charge is 0.493 e. The maximum absolute atomic E-state index is 12.6. The van der Waals surface area contributed by atoms with Crippen LogP contribution in [0.2, 0.25) is 0 Å². The van der Waals surface area contributed by atoms with Crippen molar-refractivity contribution in [1.29, 1.82) is 0 Å². The SMILES string of the molecule is COc1ccc(/C=C2\SC(=S)N(CC(=O)NC(C)C(=O)O)C2=O)cc1OC. The number of benzene rings is 1. The molecular formula is C17H18N2O6S2. The van der Waals surface area contributed by atoms with E-state index < -0.39 is 23.8 Å². The Morgan fingerprint density at radius 3 is 2.59 bits per heavy atom. The molecular weight excluding hydrogens is 392 g/mol. The zero-order chi connectivity index (χ0) is 20.1. The molecule has 1 aliphatic rings. The van der Waals surface area contributed by atoms with E-state index in [4.69, 9.17) is 26.8 Å². The molecule has 27 heavy (non-hydrogen) atoms. The quantitative estimate of drug-likeness (QED) is 0.515. The first-order chi connectivity index (χ1) is 12.8. The average molecular weight is 410 g/mol. The third-order valence-electron chi connectivity index (χ3n) is 3.63. The Balaban J connectivity index is 2.14. The number of thioether (sulfide) groups is 1. The van der Waals surface area contributed by atoms with E-state index in [2.05, 4.69) is 5.32 Å². The molecule has 8 nitrogen and oxygen atoms in total. The van der Waals surface area contributed by atoms with Gasteiger partial charge in [0, 0.05) is 0 Å². The lowest BCUT2D eigenvalue weighted by Gasteiger charge is -2.15. The highest BCUT2D eigenvalue weighted by Gasteiger charge is 2.33. The van der Waals surface area contributed by atoms with E-state index in [-0.39, 0.29) is 10.9 Å². The van der Waals surface area contributed by atoms with Crippen LogP contribution < -0.4 is 14.8 Å². The lowest BCUT2D eigenvalue weighted by molar-refractivity contribution is -0.141. The van der Waals surface area contributed by atoms with Crippen LogP contribution in [0.1, 0.15) is 12.5 Å². The molecule has 0 spiro atoms. The molecule has 1 aliphatic heterocycles. The predicted molar refractivity (Wildman–Crippen MR) is 105 cm³/mol. The standard InChI is InChI=1S/C17H18N2O6S2/c1-9(16(22)23)18-14(20)8-19-15(21)13(27-17(19)26)7-10-4-5-11(24-2)12(6-10)25-3/h4-7,9H,8H2,1-3H3,(H,18,20)(H,22,23)/b13-7-. The fourth-order valence-corrected chi connectivity index (χ4v) is 3.48. The lowest BCUT2D eigenvalue weighted by atomic mass is 10.2. The maximum Gasteiger partial charge on any atom is 0.325 e. The third-order valence-corrected chi connectivity index (χ3v) is 5.01. The summed E-state index contributed by atoms with van der Waals surface area (Å²) in [7, 11) is 3.04. The second kappa shape index (κ2) is 8.87. The van der Waals surface area contributed by atoms with Gasteiger partial charge in [0.1, 0.15) is 16.9 Å². The van der Waals surface area contributed by atoms with Crippen LogP contribution in [0.4, 0.5) is 0 Å². The van der Waals surface area contributed by atoms with E-state index in [9.17, 15) is 14.4 Å². The zero-order valence-electron chi connectivity index (χ0n) is 14.8. The molecule has 1 aromatic carbocycles. The van der Waals surface area contributed by atoms with Gasteiger partial charge in [-0.15, -0.1) is 0 Å². The molecule has 1 saturated heterocycles. The molecule has 1 heterocycles. The van der Waals surface area contributed by atoms with Gasteiger partial charge in [-0.05, 0) is 30.7 Å². The summed E-state index contributed by atoms with van der Waals surface area (Å²) in [6, 6.07) is 4.13. The number of methoxy groups -OCH3 is 2. The molecule has 2 N–H and O–H groups in total. The number of aliphatic carboxylic acids is 1. The molecule has 1 fully saturated rings. The number of carboxylic acid groups (broad SMARTS) is 1. The van der Waals surface area contributed by atoms with Crippen molar-refractivity contribution in [1.82, 2.24) is 10.2 Å². The summed E-state index contributed by atoms with van der Waals surface area (Å²) in [6.07, 6.45) is 1.64. The van der Waals surface area contributed by atoms with Crippen molar-refractivity contribution in [3.05, 3.63) is 28.7 Å². The molecule has 2 amide bonds. The van der Waals surface area contributed by atoms with E-state index >= 15 is 0 Å². The van der Waals surface area contributed by atoms with Gasteiger partial charge in [0.05, 0.1) is 19.1 Å². The second-order valence-corrected chi connectivity index (χ2v) is 7.19. The summed E-state index contributed by atoms with van der Waals surface area (Å²) >= 11 is 6.24. The summed E-state index contributed by atoms with van der Waals surface area (Å²) in [5.74, 6) is -1.11. The third kappa shape index (κ3) is 4.98. The van der Waals surface area contributed by atoms with Crippen LogP contribution in [0.5, 0.6) is 11.5 Å². The van der Waals surface area contributed by atoms with Crippen molar-refractivity contribution in [2.75, 3.05) is 20.8 Å². The molecule has 0 aliphatic carbocycles. The topological polar surface area (TPSA) is 105 Å². The zero-order valence-corrected chi connectivity index (χ0v) is 16.5. The van der Waals surface area contributed by atoms with Gasteiger partial charge in [0.15, 0.2) is 11.5 Å². The van der Waals surface area contributed by atoms with Gasteiger partial charge in [-0.3, -0.25) is 19.3 Å². The summed E-state index contributed by atoms with van der Waals surface area (Å²) in [4.78, 5) is 36.8. The van der Waals surface area contributed by atoms with Crippen molar-refractivity contribution >= 4 is 52.2 Å². The molecule has 0 aromatic heterocycles. The molecule has 1 atom stereocenters. The Labute approximate surface area is 165 Å². The maximum atomic E-state index is 12.6. The van der Waals surface area contributed by atoms with Crippen LogP contribution in [0.3, 0.4) is 0 Å². The summed E-state index contributed by atoms with van der Waals surface area (Å²) in [5, 5.41) is 11.1. The van der Waals surface area contributed by atoms with Crippen LogP contribution >= 0.6 is 24.0 Å². The number of hydrogen-bond donors (Lipinski definition) is 2. The monoisotopic (exact) mass is 410 g/mol. The minimum atomic E-state index is -1.16. The smallest absolute Gasteiger partial charge is 0.325 e. The molecule has 0 radical (unpaired) electrons. The van der Waals surface area contributed by atoms with E-state index in [0.29, 0.717) is 22.0 Å². The number of ether oxygens (including phenoxy) is 2. The minimum absolute atomic E-state index is 0.227. The lowest BCUT2D eigenvalue weighted by Crippen LogP contribution is -2.45. The van der Waals surface area contributed by atoms with Crippen molar-refractivity contribution < 1.29 is 29.0 Å². The average Bonchev–Trinajstić information content (AvgIpc) is 2.88.